The Kier molecular flexibility index (Phi) is 5.31. The van der Waals surface area contributed by atoms with E-state index in [1.807, 2.05) is 50.2 Å². The Morgan fingerprint density at radius 3 is 2.66 bits per heavy atom. The fraction of sp³-hybridized carbons (Fsp3) is 0.308. The van der Waals surface area contributed by atoms with E-state index in [1.165, 1.54) is 0 Å². The lowest BCUT2D eigenvalue weighted by Crippen LogP contribution is -2.34. The largest absolute Gasteiger partial charge is 0.463 e. The maximum atomic E-state index is 12.8. The van der Waals surface area contributed by atoms with Crippen LogP contribution in [0.2, 0.25) is 0 Å². The second kappa shape index (κ2) is 8.28. The molecule has 0 radical (unpaired) electrons. The van der Waals surface area contributed by atoms with Crippen molar-refractivity contribution in [1.82, 2.24) is 5.32 Å². The molecule has 6 heteroatoms. The van der Waals surface area contributed by atoms with Crippen molar-refractivity contribution in [2.24, 2.45) is 0 Å². The van der Waals surface area contributed by atoms with E-state index in [-0.39, 0.29) is 18.4 Å². The maximum absolute atomic E-state index is 12.8. The van der Waals surface area contributed by atoms with E-state index in [2.05, 4.69) is 5.32 Å². The average molecular weight is 431 g/mol. The molecule has 2 aromatic heterocycles. The van der Waals surface area contributed by atoms with Gasteiger partial charge in [0.25, 0.3) is 0 Å². The molecular weight excluding hydrogens is 406 g/mol. The van der Waals surface area contributed by atoms with Crippen LogP contribution in [0.1, 0.15) is 29.5 Å². The molecule has 3 heterocycles. The van der Waals surface area contributed by atoms with Crippen molar-refractivity contribution in [2.75, 3.05) is 13.2 Å². The van der Waals surface area contributed by atoms with Crippen LogP contribution >= 0.6 is 0 Å². The molecule has 0 bridgehead atoms. The Hall–Kier alpha value is -3.38. The molecule has 1 N–H and O–H groups in total. The van der Waals surface area contributed by atoms with E-state index < -0.39 is 5.63 Å². The highest BCUT2D eigenvalue weighted by Gasteiger charge is 2.21. The van der Waals surface area contributed by atoms with Gasteiger partial charge >= 0.3 is 5.63 Å². The summed E-state index contributed by atoms with van der Waals surface area (Å²) in [6.07, 6.45) is 3.73. The quantitative estimate of drug-likeness (QED) is 0.465. The van der Waals surface area contributed by atoms with Gasteiger partial charge < -0.3 is 18.9 Å². The van der Waals surface area contributed by atoms with Gasteiger partial charge in [-0.05, 0) is 43.9 Å². The molecule has 2 aromatic carbocycles. The third-order valence-corrected chi connectivity index (χ3v) is 6.31. The fourth-order valence-electron chi connectivity index (χ4n) is 4.50. The summed E-state index contributed by atoms with van der Waals surface area (Å²) in [5.41, 5.74) is 4.65. The lowest BCUT2D eigenvalue weighted by molar-refractivity contribution is -0.121. The van der Waals surface area contributed by atoms with Crippen LogP contribution in [-0.2, 0) is 16.0 Å². The number of rotatable bonds is 5. The van der Waals surface area contributed by atoms with Crippen LogP contribution in [0, 0.1) is 13.8 Å². The Morgan fingerprint density at radius 2 is 1.91 bits per heavy atom. The molecule has 1 saturated heterocycles. The van der Waals surface area contributed by atoms with Crippen molar-refractivity contribution in [3.63, 3.8) is 0 Å². The number of amides is 1. The summed E-state index contributed by atoms with van der Waals surface area (Å²) in [6.45, 7) is 4.96. The Labute approximate surface area is 185 Å². The van der Waals surface area contributed by atoms with Crippen molar-refractivity contribution >= 4 is 27.8 Å². The first-order chi connectivity index (χ1) is 15.5. The number of carbonyl (C=O) groups is 1. The molecule has 32 heavy (non-hydrogen) atoms. The van der Waals surface area contributed by atoms with Gasteiger partial charge in [-0.15, -0.1) is 0 Å². The summed E-state index contributed by atoms with van der Waals surface area (Å²) >= 11 is 0. The summed E-state index contributed by atoms with van der Waals surface area (Å²) in [5.74, 6) is -0.207. The first kappa shape index (κ1) is 20.5. The van der Waals surface area contributed by atoms with Crippen molar-refractivity contribution < 1.29 is 18.4 Å². The molecule has 0 unspecified atom stereocenters. The first-order valence-electron chi connectivity index (χ1n) is 10.9. The molecule has 1 fully saturated rings. The SMILES string of the molecule is Cc1c(CC(=O)NC[C@@H]2CCCO2)c(=O)oc2c(C)c3occ(-c4ccccc4)c3cc12. The minimum absolute atomic E-state index is 0.0230. The molecular formula is C26H25NO5. The van der Waals surface area contributed by atoms with Crippen LogP contribution in [0.4, 0.5) is 0 Å². The molecule has 0 spiro atoms. The molecule has 164 valence electrons. The zero-order valence-electron chi connectivity index (χ0n) is 18.2. The van der Waals surface area contributed by atoms with Crippen LogP contribution in [0.15, 0.2) is 56.3 Å². The number of aryl methyl sites for hydroxylation is 2. The zero-order valence-corrected chi connectivity index (χ0v) is 18.2. The van der Waals surface area contributed by atoms with Crippen molar-refractivity contribution in [1.29, 1.82) is 0 Å². The van der Waals surface area contributed by atoms with Gasteiger partial charge in [-0.3, -0.25) is 4.79 Å². The maximum Gasteiger partial charge on any atom is 0.340 e. The Bertz CT molecular complexity index is 1360. The van der Waals surface area contributed by atoms with Gasteiger partial charge in [-0.2, -0.15) is 0 Å². The van der Waals surface area contributed by atoms with E-state index in [0.717, 1.165) is 52.5 Å². The molecule has 1 atom stereocenters. The Balaban J connectivity index is 1.54. The summed E-state index contributed by atoms with van der Waals surface area (Å²) in [6, 6.07) is 12.0. The normalized spacial score (nSPS) is 16.1. The molecule has 1 aliphatic heterocycles. The highest BCUT2D eigenvalue weighted by molar-refractivity contribution is 6.05. The summed E-state index contributed by atoms with van der Waals surface area (Å²) in [4.78, 5) is 25.3. The van der Waals surface area contributed by atoms with E-state index in [1.54, 1.807) is 6.26 Å². The summed E-state index contributed by atoms with van der Waals surface area (Å²) in [7, 11) is 0. The van der Waals surface area contributed by atoms with Gasteiger partial charge in [0, 0.05) is 35.1 Å². The lowest BCUT2D eigenvalue weighted by Gasteiger charge is -2.12. The third-order valence-electron chi connectivity index (χ3n) is 6.31. The van der Waals surface area contributed by atoms with Gasteiger partial charge in [0.15, 0.2) is 0 Å². The van der Waals surface area contributed by atoms with E-state index in [4.69, 9.17) is 13.6 Å². The number of benzene rings is 2. The van der Waals surface area contributed by atoms with Gasteiger partial charge in [-0.25, -0.2) is 4.79 Å². The lowest BCUT2D eigenvalue weighted by atomic mass is 9.97. The number of carbonyl (C=O) groups excluding carboxylic acids is 1. The van der Waals surface area contributed by atoms with Crippen molar-refractivity contribution in [2.45, 2.75) is 39.2 Å². The number of hydrogen-bond donors (Lipinski definition) is 1. The van der Waals surface area contributed by atoms with Crippen LogP contribution in [0.5, 0.6) is 0 Å². The summed E-state index contributed by atoms with van der Waals surface area (Å²) < 4.78 is 17.1. The number of nitrogens with one attached hydrogen (secondary N) is 1. The zero-order chi connectivity index (χ0) is 22.2. The summed E-state index contributed by atoms with van der Waals surface area (Å²) in [5, 5.41) is 4.65. The molecule has 4 aromatic rings. The predicted octanol–water partition coefficient (Wildman–Crippen LogP) is 4.66. The predicted molar refractivity (Wildman–Crippen MR) is 123 cm³/mol. The molecule has 5 rings (SSSR count). The van der Waals surface area contributed by atoms with Gasteiger partial charge in [-0.1, -0.05) is 30.3 Å². The number of furan rings is 1. The topological polar surface area (TPSA) is 81.7 Å². The third kappa shape index (κ3) is 3.60. The van der Waals surface area contributed by atoms with E-state index in [0.29, 0.717) is 23.3 Å². The first-order valence-corrected chi connectivity index (χ1v) is 10.9. The number of hydrogen-bond acceptors (Lipinski definition) is 5. The average Bonchev–Trinajstić information content (AvgIpc) is 3.47. The van der Waals surface area contributed by atoms with Crippen LogP contribution in [-0.4, -0.2) is 25.2 Å². The molecule has 0 saturated carbocycles. The minimum atomic E-state index is -0.487. The van der Waals surface area contributed by atoms with Crippen LogP contribution in [0.3, 0.4) is 0 Å². The second-order valence-electron chi connectivity index (χ2n) is 8.38. The fourth-order valence-corrected chi connectivity index (χ4v) is 4.50. The Morgan fingerprint density at radius 1 is 1.09 bits per heavy atom. The standard InChI is InChI=1S/C26H25NO5/c1-15-19-11-21-22(17-7-4-3-5-8-17)14-31-24(21)16(2)25(19)32-26(29)20(15)12-23(28)27-13-18-9-6-10-30-18/h3-5,7-8,11,14,18H,6,9-10,12-13H2,1-2H3,(H,27,28)/t18-/m0/s1. The van der Waals surface area contributed by atoms with Crippen molar-refractivity contribution in [3.8, 4) is 11.1 Å². The van der Waals surface area contributed by atoms with Crippen LogP contribution in [0.25, 0.3) is 33.1 Å². The van der Waals surface area contributed by atoms with Gasteiger partial charge in [0.05, 0.1) is 24.4 Å². The van der Waals surface area contributed by atoms with E-state index in [9.17, 15) is 9.59 Å². The van der Waals surface area contributed by atoms with E-state index >= 15 is 0 Å². The molecule has 6 nitrogen and oxygen atoms in total. The van der Waals surface area contributed by atoms with Gasteiger partial charge in [0.1, 0.15) is 11.2 Å². The minimum Gasteiger partial charge on any atom is -0.463 e. The molecule has 1 aliphatic rings. The smallest absolute Gasteiger partial charge is 0.340 e. The molecule has 0 aliphatic carbocycles. The highest BCUT2D eigenvalue weighted by Crippen LogP contribution is 2.37. The van der Waals surface area contributed by atoms with Crippen LogP contribution < -0.4 is 10.9 Å². The molecule has 1 amide bonds. The highest BCUT2D eigenvalue weighted by atomic mass is 16.5. The second-order valence-corrected chi connectivity index (χ2v) is 8.38. The van der Waals surface area contributed by atoms with Gasteiger partial charge in [0.2, 0.25) is 5.91 Å². The number of fused-ring (bicyclic) bond motifs is 2. The van der Waals surface area contributed by atoms with Crippen molar-refractivity contribution in [3.05, 3.63) is 69.8 Å². The number of ether oxygens (including phenoxy) is 1. The monoisotopic (exact) mass is 431 g/mol.